The molecular formula is C10H14FN3. The average Bonchev–Trinajstić information content (AvgIpc) is 2.12. The second-order valence-corrected chi connectivity index (χ2v) is 3.25. The molecule has 0 fully saturated rings. The van der Waals surface area contributed by atoms with Crippen LogP contribution < -0.4 is 17.2 Å². The van der Waals surface area contributed by atoms with E-state index in [1.165, 1.54) is 6.07 Å². The van der Waals surface area contributed by atoms with Gasteiger partial charge < -0.3 is 17.2 Å². The first-order chi connectivity index (χ1) is 6.45. The van der Waals surface area contributed by atoms with Gasteiger partial charge in [-0.25, -0.2) is 4.39 Å². The van der Waals surface area contributed by atoms with Crippen LogP contribution in [-0.2, 0) is 0 Å². The Hall–Kier alpha value is -1.71. The molecule has 0 aromatic heterocycles. The Kier molecular flexibility index (Phi) is 2.65. The molecule has 1 rings (SSSR count). The van der Waals surface area contributed by atoms with Crippen molar-refractivity contribution in [2.75, 3.05) is 5.73 Å². The lowest BCUT2D eigenvalue weighted by Crippen LogP contribution is -2.10. The van der Waals surface area contributed by atoms with Crippen molar-refractivity contribution < 1.29 is 4.39 Å². The molecule has 0 saturated heterocycles. The summed E-state index contributed by atoms with van der Waals surface area (Å²) < 4.78 is 13.1. The van der Waals surface area contributed by atoms with Gasteiger partial charge in [-0.3, -0.25) is 0 Å². The van der Waals surface area contributed by atoms with Crippen molar-refractivity contribution in [3.63, 3.8) is 0 Å². The molecule has 3 nitrogen and oxygen atoms in total. The molecule has 0 aliphatic rings. The number of benzene rings is 1. The molecule has 0 aliphatic heterocycles. The van der Waals surface area contributed by atoms with Crippen molar-refractivity contribution in [3.05, 3.63) is 34.8 Å². The highest BCUT2D eigenvalue weighted by Crippen LogP contribution is 2.25. The maximum Gasteiger partial charge on any atom is 0.146 e. The molecule has 1 aromatic carbocycles. The minimum Gasteiger partial charge on any atom is -0.401 e. The van der Waals surface area contributed by atoms with Crippen LogP contribution in [0, 0.1) is 12.7 Å². The third-order valence-electron chi connectivity index (χ3n) is 2.09. The Morgan fingerprint density at radius 1 is 1.29 bits per heavy atom. The molecule has 0 atom stereocenters. The van der Waals surface area contributed by atoms with Crippen molar-refractivity contribution in [1.29, 1.82) is 0 Å². The van der Waals surface area contributed by atoms with Crippen LogP contribution in [0.5, 0.6) is 0 Å². The van der Waals surface area contributed by atoms with Gasteiger partial charge in [-0.1, -0.05) is 6.07 Å². The maximum absolute atomic E-state index is 13.1. The van der Waals surface area contributed by atoms with Gasteiger partial charge in [-0.2, -0.15) is 0 Å². The molecule has 0 saturated carbocycles. The summed E-state index contributed by atoms with van der Waals surface area (Å²) in [7, 11) is 0. The van der Waals surface area contributed by atoms with Crippen molar-refractivity contribution >= 4 is 11.4 Å². The predicted molar refractivity (Wildman–Crippen MR) is 56.5 cm³/mol. The van der Waals surface area contributed by atoms with Crippen molar-refractivity contribution in [1.82, 2.24) is 0 Å². The molecule has 4 heteroatoms. The third-order valence-corrected chi connectivity index (χ3v) is 2.09. The Labute approximate surface area is 82.4 Å². The van der Waals surface area contributed by atoms with Crippen LogP contribution >= 0.6 is 0 Å². The first kappa shape index (κ1) is 10.4. The van der Waals surface area contributed by atoms with Gasteiger partial charge in [0.05, 0.1) is 11.4 Å². The number of nitrogen functional groups attached to an aromatic ring is 1. The number of halogens is 1. The lowest BCUT2D eigenvalue weighted by molar-refractivity contribution is 0.631. The second kappa shape index (κ2) is 3.57. The molecule has 0 heterocycles. The van der Waals surface area contributed by atoms with Crippen LogP contribution in [0.2, 0.25) is 0 Å². The van der Waals surface area contributed by atoms with Gasteiger partial charge in [0.2, 0.25) is 0 Å². The zero-order valence-electron chi connectivity index (χ0n) is 8.26. The Morgan fingerprint density at radius 2 is 1.86 bits per heavy atom. The number of hydrogen-bond donors (Lipinski definition) is 3. The summed E-state index contributed by atoms with van der Waals surface area (Å²) in [5.74, 6) is -0.477. The SMILES string of the molecule is C/C(N)=C(/N)c1c(C)ccc(F)c1N. The fraction of sp³-hybridized carbons (Fsp3) is 0.200. The van der Waals surface area contributed by atoms with E-state index in [1.807, 2.05) is 0 Å². The molecule has 6 N–H and O–H groups in total. The number of anilines is 1. The average molecular weight is 195 g/mol. The summed E-state index contributed by atoms with van der Waals surface area (Å²) in [6, 6.07) is 2.93. The highest BCUT2D eigenvalue weighted by molar-refractivity contribution is 5.77. The first-order valence-corrected chi connectivity index (χ1v) is 4.22. The first-order valence-electron chi connectivity index (χ1n) is 4.22. The van der Waals surface area contributed by atoms with E-state index < -0.39 is 5.82 Å². The normalized spacial score (nSPS) is 12.5. The largest absolute Gasteiger partial charge is 0.401 e. The summed E-state index contributed by atoms with van der Waals surface area (Å²) in [5, 5.41) is 0. The van der Waals surface area contributed by atoms with Gasteiger partial charge in [0.15, 0.2) is 0 Å². The molecular weight excluding hydrogens is 181 g/mol. The van der Waals surface area contributed by atoms with Crippen LogP contribution in [0.3, 0.4) is 0 Å². The van der Waals surface area contributed by atoms with Crippen molar-refractivity contribution in [3.8, 4) is 0 Å². The predicted octanol–water partition coefficient (Wildman–Crippen LogP) is 1.32. The molecule has 76 valence electrons. The number of hydrogen-bond acceptors (Lipinski definition) is 3. The smallest absolute Gasteiger partial charge is 0.146 e. The Morgan fingerprint density at radius 3 is 2.36 bits per heavy atom. The topological polar surface area (TPSA) is 78.1 Å². The molecule has 0 unspecified atom stereocenters. The Bertz CT molecular complexity index is 393. The van der Waals surface area contributed by atoms with Gasteiger partial charge in [0.25, 0.3) is 0 Å². The highest BCUT2D eigenvalue weighted by Gasteiger charge is 2.11. The van der Waals surface area contributed by atoms with Crippen molar-refractivity contribution in [2.45, 2.75) is 13.8 Å². The lowest BCUT2D eigenvalue weighted by atomic mass is 10.0. The number of aryl methyl sites for hydroxylation is 1. The van der Waals surface area contributed by atoms with E-state index in [0.29, 0.717) is 17.0 Å². The molecule has 0 spiro atoms. The molecule has 0 bridgehead atoms. The monoisotopic (exact) mass is 195 g/mol. The summed E-state index contributed by atoms with van der Waals surface area (Å²) in [4.78, 5) is 0. The number of allylic oxidation sites excluding steroid dienone is 1. The van der Waals surface area contributed by atoms with Crippen LogP contribution in [0.4, 0.5) is 10.1 Å². The quantitative estimate of drug-likeness (QED) is 0.591. The van der Waals surface area contributed by atoms with Crippen LogP contribution in [-0.4, -0.2) is 0 Å². The lowest BCUT2D eigenvalue weighted by Gasteiger charge is -2.11. The molecule has 14 heavy (non-hydrogen) atoms. The van der Waals surface area contributed by atoms with E-state index in [9.17, 15) is 4.39 Å². The summed E-state index contributed by atoms with van der Waals surface area (Å²) in [5.41, 5.74) is 18.9. The van der Waals surface area contributed by atoms with E-state index in [4.69, 9.17) is 17.2 Å². The van der Waals surface area contributed by atoms with E-state index in [2.05, 4.69) is 0 Å². The number of rotatable bonds is 1. The summed E-state index contributed by atoms with van der Waals surface area (Å²) in [6.07, 6.45) is 0. The van der Waals surface area contributed by atoms with Gasteiger partial charge in [-0.05, 0) is 25.5 Å². The molecule has 0 aliphatic carbocycles. The minimum atomic E-state index is -0.477. The standard InChI is InChI=1S/C10H14FN3/c1-5-3-4-7(11)10(14)8(5)9(13)6(2)12/h3-4H,12-14H2,1-2H3/b9-6-. The van der Waals surface area contributed by atoms with E-state index in [0.717, 1.165) is 5.56 Å². The Balaban J connectivity index is 3.48. The van der Waals surface area contributed by atoms with E-state index in [1.54, 1.807) is 19.9 Å². The van der Waals surface area contributed by atoms with Gasteiger partial charge in [0.1, 0.15) is 5.82 Å². The van der Waals surface area contributed by atoms with E-state index >= 15 is 0 Å². The summed E-state index contributed by atoms with van der Waals surface area (Å²) >= 11 is 0. The highest BCUT2D eigenvalue weighted by atomic mass is 19.1. The minimum absolute atomic E-state index is 0.0484. The third kappa shape index (κ3) is 1.64. The molecule has 1 aromatic rings. The fourth-order valence-corrected chi connectivity index (χ4v) is 1.26. The zero-order valence-corrected chi connectivity index (χ0v) is 8.26. The fourth-order valence-electron chi connectivity index (χ4n) is 1.26. The van der Waals surface area contributed by atoms with Gasteiger partial charge >= 0.3 is 0 Å². The van der Waals surface area contributed by atoms with Crippen LogP contribution in [0.15, 0.2) is 17.8 Å². The van der Waals surface area contributed by atoms with Crippen LogP contribution in [0.25, 0.3) is 5.70 Å². The maximum atomic E-state index is 13.1. The van der Waals surface area contributed by atoms with Gasteiger partial charge in [-0.15, -0.1) is 0 Å². The molecule has 0 amide bonds. The zero-order chi connectivity index (χ0) is 10.9. The van der Waals surface area contributed by atoms with Gasteiger partial charge in [0, 0.05) is 11.3 Å². The molecule has 0 radical (unpaired) electrons. The number of nitrogens with two attached hydrogens (primary N) is 3. The van der Waals surface area contributed by atoms with E-state index in [-0.39, 0.29) is 5.69 Å². The second-order valence-electron chi connectivity index (χ2n) is 3.25. The van der Waals surface area contributed by atoms with Crippen LogP contribution in [0.1, 0.15) is 18.1 Å². The van der Waals surface area contributed by atoms with Crippen molar-refractivity contribution in [2.24, 2.45) is 11.5 Å². The summed E-state index contributed by atoms with van der Waals surface area (Å²) in [6.45, 7) is 3.46.